The monoisotopic (exact) mass is 220 g/mol. The van der Waals surface area contributed by atoms with Crippen molar-refractivity contribution < 1.29 is 9.53 Å². The lowest BCUT2D eigenvalue weighted by Crippen LogP contribution is -2.15. The molecule has 1 aliphatic rings. The van der Waals surface area contributed by atoms with Crippen molar-refractivity contribution in [3.05, 3.63) is 24.4 Å². The normalized spacial score (nSPS) is 19.6. The van der Waals surface area contributed by atoms with Crippen LogP contribution in [0.5, 0.6) is 0 Å². The fourth-order valence-electron chi connectivity index (χ4n) is 1.81. The summed E-state index contributed by atoms with van der Waals surface area (Å²) >= 11 is 0. The molecule has 86 valence electrons. The Morgan fingerprint density at radius 2 is 2.50 bits per heavy atom. The van der Waals surface area contributed by atoms with E-state index in [4.69, 9.17) is 4.74 Å². The van der Waals surface area contributed by atoms with Crippen LogP contribution in [0.25, 0.3) is 0 Å². The van der Waals surface area contributed by atoms with Crippen LogP contribution in [-0.2, 0) is 9.53 Å². The number of nitrogens with one attached hydrogen (secondary N) is 1. The molecule has 0 radical (unpaired) electrons. The van der Waals surface area contributed by atoms with Gasteiger partial charge in [0.1, 0.15) is 5.82 Å². The fraction of sp³-hybridized carbons (Fsp3) is 0.500. The Labute approximate surface area is 95.0 Å². The molecule has 2 rings (SSSR count). The van der Waals surface area contributed by atoms with E-state index in [0.29, 0.717) is 12.2 Å². The van der Waals surface area contributed by atoms with Crippen molar-refractivity contribution in [2.75, 3.05) is 11.9 Å². The van der Waals surface area contributed by atoms with E-state index < -0.39 is 0 Å². The zero-order valence-corrected chi connectivity index (χ0v) is 9.19. The average Bonchev–Trinajstić information content (AvgIpc) is 2.81. The molecule has 4 heteroatoms. The van der Waals surface area contributed by atoms with Crippen LogP contribution < -0.4 is 5.32 Å². The van der Waals surface area contributed by atoms with E-state index in [1.165, 1.54) is 0 Å². The Morgan fingerprint density at radius 3 is 3.19 bits per heavy atom. The molecular formula is C12H16N2O2. The number of ether oxygens (including phenoxy) is 1. The van der Waals surface area contributed by atoms with Gasteiger partial charge >= 0.3 is 0 Å². The summed E-state index contributed by atoms with van der Waals surface area (Å²) in [7, 11) is 0. The summed E-state index contributed by atoms with van der Waals surface area (Å²) in [5, 5.41) is 2.76. The van der Waals surface area contributed by atoms with Crippen LogP contribution in [0.3, 0.4) is 0 Å². The first-order valence-electron chi connectivity index (χ1n) is 5.67. The second kappa shape index (κ2) is 5.61. The number of anilines is 1. The number of pyridine rings is 1. The van der Waals surface area contributed by atoms with E-state index in [0.717, 1.165) is 25.9 Å². The topological polar surface area (TPSA) is 51.2 Å². The van der Waals surface area contributed by atoms with Crippen LogP contribution in [0.2, 0.25) is 0 Å². The summed E-state index contributed by atoms with van der Waals surface area (Å²) in [5.74, 6) is 0.619. The second-order valence-electron chi connectivity index (χ2n) is 3.94. The van der Waals surface area contributed by atoms with Crippen molar-refractivity contribution in [1.29, 1.82) is 0 Å². The zero-order valence-electron chi connectivity index (χ0n) is 9.19. The predicted octanol–water partition coefficient (Wildman–Crippen LogP) is 1.98. The molecule has 0 spiro atoms. The summed E-state index contributed by atoms with van der Waals surface area (Å²) in [5.41, 5.74) is 0. The molecule has 0 saturated carbocycles. The van der Waals surface area contributed by atoms with Crippen LogP contribution in [0.1, 0.15) is 25.7 Å². The molecule has 1 atom stereocenters. The minimum Gasteiger partial charge on any atom is -0.378 e. The van der Waals surface area contributed by atoms with E-state index in [1.54, 1.807) is 12.3 Å². The lowest BCUT2D eigenvalue weighted by Gasteiger charge is -2.08. The largest absolute Gasteiger partial charge is 0.378 e. The lowest BCUT2D eigenvalue weighted by molar-refractivity contribution is -0.116. The standard InChI is InChI=1S/C12H16N2O2/c15-12(7-6-10-4-3-9-16-10)14-11-5-1-2-8-13-11/h1-2,5,8,10H,3-4,6-7,9H2,(H,13,14,15). The van der Waals surface area contributed by atoms with Crippen molar-refractivity contribution in [3.63, 3.8) is 0 Å². The first kappa shape index (κ1) is 11.1. The molecule has 4 nitrogen and oxygen atoms in total. The highest BCUT2D eigenvalue weighted by Crippen LogP contribution is 2.17. The Balaban J connectivity index is 1.72. The van der Waals surface area contributed by atoms with Gasteiger partial charge in [-0.25, -0.2) is 4.98 Å². The maximum Gasteiger partial charge on any atom is 0.225 e. The molecule has 0 bridgehead atoms. The van der Waals surface area contributed by atoms with Crippen LogP contribution in [0.4, 0.5) is 5.82 Å². The van der Waals surface area contributed by atoms with Crippen molar-refractivity contribution >= 4 is 11.7 Å². The highest BCUT2D eigenvalue weighted by Gasteiger charge is 2.16. The molecule has 0 aliphatic carbocycles. The van der Waals surface area contributed by atoms with Crippen LogP contribution in [0.15, 0.2) is 24.4 Å². The van der Waals surface area contributed by atoms with Gasteiger partial charge in [0.05, 0.1) is 6.10 Å². The van der Waals surface area contributed by atoms with E-state index in [-0.39, 0.29) is 12.0 Å². The van der Waals surface area contributed by atoms with Gasteiger partial charge in [0.2, 0.25) is 5.91 Å². The third-order valence-electron chi connectivity index (χ3n) is 2.65. The Morgan fingerprint density at radius 1 is 1.56 bits per heavy atom. The molecule has 0 aromatic carbocycles. The van der Waals surface area contributed by atoms with Crippen molar-refractivity contribution in [3.8, 4) is 0 Å². The molecule has 2 heterocycles. The van der Waals surface area contributed by atoms with Crippen LogP contribution >= 0.6 is 0 Å². The Bertz CT molecular complexity index is 334. The SMILES string of the molecule is O=C(CCC1CCCO1)Nc1ccccn1. The van der Waals surface area contributed by atoms with Gasteiger partial charge in [0, 0.05) is 19.2 Å². The molecule has 1 aliphatic heterocycles. The average molecular weight is 220 g/mol. The summed E-state index contributed by atoms with van der Waals surface area (Å²) in [6, 6.07) is 5.45. The van der Waals surface area contributed by atoms with Crippen LogP contribution in [-0.4, -0.2) is 23.6 Å². The van der Waals surface area contributed by atoms with Gasteiger partial charge in [-0.1, -0.05) is 6.07 Å². The first-order chi connectivity index (χ1) is 7.84. The highest BCUT2D eigenvalue weighted by molar-refractivity contribution is 5.89. The predicted molar refractivity (Wildman–Crippen MR) is 61.1 cm³/mol. The molecule has 1 fully saturated rings. The molecule has 1 amide bonds. The van der Waals surface area contributed by atoms with E-state index in [9.17, 15) is 4.79 Å². The van der Waals surface area contributed by atoms with Gasteiger partial charge in [-0.3, -0.25) is 4.79 Å². The van der Waals surface area contributed by atoms with Gasteiger partial charge < -0.3 is 10.1 Å². The number of rotatable bonds is 4. The van der Waals surface area contributed by atoms with E-state index in [2.05, 4.69) is 10.3 Å². The van der Waals surface area contributed by atoms with E-state index >= 15 is 0 Å². The van der Waals surface area contributed by atoms with E-state index in [1.807, 2.05) is 12.1 Å². The quantitative estimate of drug-likeness (QED) is 0.844. The number of carbonyl (C=O) groups excluding carboxylic acids is 1. The number of carbonyl (C=O) groups is 1. The van der Waals surface area contributed by atoms with Gasteiger partial charge in [0.25, 0.3) is 0 Å². The Hall–Kier alpha value is -1.42. The van der Waals surface area contributed by atoms with Crippen LogP contribution in [0, 0.1) is 0 Å². The fourth-order valence-corrected chi connectivity index (χ4v) is 1.81. The minimum atomic E-state index is 0.00852. The summed E-state index contributed by atoms with van der Waals surface area (Å²) in [6.07, 6.45) is 5.44. The molecule has 1 N–H and O–H groups in total. The maximum atomic E-state index is 11.6. The summed E-state index contributed by atoms with van der Waals surface area (Å²) in [4.78, 5) is 15.6. The van der Waals surface area contributed by atoms with Gasteiger partial charge in [-0.15, -0.1) is 0 Å². The number of hydrogen-bond donors (Lipinski definition) is 1. The molecule has 16 heavy (non-hydrogen) atoms. The van der Waals surface area contributed by atoms with Gasteiger partial charge in [-0.2, -0.15) is 0 Å². The molecule has 1 aromatic rings. The highest BCUT2D eigenvalue weighted by atomic mass is 16.5. The third kappa shape index (κ3) is 3.31. The smallest absolute Gasteiger partial charge is 0.225 e. The first-order valence-corrected chi connectivity index (χ1v) is 5.67. The minimum absolute atomic E-state index is 0.00852. The second-order valence-corrected chi connectivity index (χ2v) is 3.94. The Kier molecular flexibility index (Phi) is 3.88. The van der Waals surface area contributed by atoms with Crippen molar-refractivity contribution in [2.45, 2.75) is 31.8 Å². The number of hydrogen-bond acceptors (Lipinski definition) is 3. The maximum absolute atomic E-state index is 11.6. The van der Waals surface area contributed by atoms with Crippen molar-refractivity contribution in [1.82, 2.24) is 4.98 Å². The molecule has 1 saturated heterocycles. The third-order valence-corrected chi connectivity index (χ3v) is 2.65. The zero-order chi connectivity index (χ0) is 11.2. The number of amides is 1. The van der Waals surface area contributed by atoms with Crippen molar-refractivity contribution in [2.24, 2.45) is 0 Å². The summed E-state index contributed by atoms with van der Waals surface area (Å²) < 4.78 is 5.46. The molecule has 1 aromatic heterocycles. The molecular weight excluding hydrogens is 204 g/mol. The molecule has 1 unspecified atom stereocenters. The number of nitrogens with zero attached hydrogens (tertiary/aromatic N) is 1. The number of aromatic nitrogens is 1. The van der Waals surface area contributed by atoms with Gasteiger partial charge in [0.15, 0.2) is 0 Å². The van der Waals surface area contributed by atoms with Gasteiger partial charge in [-0.05, 0) is 31.4 Å². The lowest BCUT2D eigenvalue weighted by atomic mass is 10.1. The summed E-state index contributed by atoms with van der Waals surface area (Å²) in [6.45, 7) is 0.840.